The van der Waals surface area contributed by atoms with Gasteiger partial charge < -0.3 is 86.2 Å². The van der Waals surface area contributed by atoms with Gasteiger partial charge in [0.25, 0.3) is 0 Å². The van der Waals surface area contributed by atoms with Crippen LogP contribution in [0.15, 0.2) is 64.7 Å². The number of fused-ring (bicyclic) bond motifs is 1. The van der Waals surface area contributed by atoms with Gasteiger partial charge >= 0.3 is 5.97 Å². The van der Waals surface area contributed by atoms with Gasteiger partial charge in [-0.1, -0.05) is 58.0 Å². The van der Waals surface area contributed by atoms with Crippen LogP contribution in [0.4, 0.5) is 0 Å². The van der Waals surface area contributed by atoms with Crippen molar-refractivity contribution in [2.45, 2.75) is 199 Å². The number of para-hydroxylation sites is 1. The number of ketones is 4. The molecular formula is C69H105N15O15. The first-order valence-corrected chi connectivity index (χ1v) is 34.0. The summed E-state index contributed by atoms with van der Waals surface area (Å²) in [7, 11) is 0. The fraction of sp³-hybridized carbons (Fsp3) is 0.594. The lowest BCUT2D eigenvalue weighted by Gasteiger charge is -2.30. The standard InChI is InChI=1S/C69H105N15O15/c1-38(2)28-44(62(71)94)33-56(88)52(18-12-26-77-69(74)75)81-63(95)45(30-42-20-22-48(87)23-21-42)34-57(89)51(17-9-10-24-70)80-64(96)46(36-60(92)93)35-59(91)61(40(5)85)83-65(97)54(31-47-37-78-50-16-8-7-15-49(47)50)82-66(98)55-19-13-27-84(55)67(99)43(14-11-25-76-68(72)73)32-58(90)53(29-39(3)4)79-41(6)86/h7-8,15-16,20-23,37-40,43-46,51-55,61,78,85,87H,9-14,17-19,24-36,70H2,1-6H3,(H2,71,94)(H,79,86)(H,80,96)(H,81,95)(H,82,98)(H,83,97)(H,92,93)(H4,72,73,76)(H4,74,75,77)/t40-,43-,44-,45-,46+,51+,52+,53+,54+,55+,61+/m1/s1. The van der Waals surface area contributed by atoms with E-state index in [-0.39, 0.29) is 139 Å². The van der Waals surface area contributed by atoms with Crippen molar-refractivity contribution in [2.75, 3.05) is 26.2 Å². The number of aliphatic carboxylic acids is 1. The van der Waals surface area contributed by atoms with E-state index in [1.54, 1.807) is 30.5 Å². The predicted molar refractivity (Wildman–Crippen MR) is 371 cm³/mol. The molecule has 1 saturated heterocycles. The minimum absolute atomic E-state index is 0.00255. The zero-order chi connectivity index (χ0) is 73.6. The SMILES string of the molecule is CC(=O)N[C@@H](CC(C)C)C(=O)C[C@@H](CCCN=C(N)N)C(=O)N1CCC[C@H]1C(=O)N[C@@H](Cc1c[nH]c2ccccc12)C(=O)N[C@H](C(=O)C[C@@H](CC(=O)O)C(=O)N[C@@H](CCCCN)C(=O)C[C@@H](Cc1ccc(O)cc1)C(=O)N[C@@H](CCCN=C(N)N)C(=O)C[C@@H](CC(C)C)C(N)=O)[C@@H](C)O. The molecule has 11 atom stereocenters. The van der Waals surface area contributed by atoms with Crippen LogP contribution >= 0.6 is 0 Å². The monoisotopic (exact) mass is 1380 g/mol. The number of carboxylic acid groups (broad SMARTS) is 1. The van der Waals surface area contributed by atoms with Gasteiger partial charge in [-0.3, -0.25) is 67.5 Å². The van der Waals surface area contributed by atoms with Crippen LogP contribution in [0.5, 0.6) is 5.75 Å². The fourth-order valence-electron chi connectivity index (χ4n) is 12.3. The molecule has 30 nitrogen and oxygen atoms in total. The molecule has 7 amide bonds. The number of aromatic amines is 1. The number of rotatable bonds is 46. The number of likely N-dealkylation sites (tertiary alicyclic amines) is 1. The molecule has 0 aliphatic carbocycles. The Morgan fingerprint density at radius 1 is 0.596 bits per heavy atom. The smallest absolute Gasteiger partial charge is 0.304 e. The van der Waals surface area contributed by atoms with Crippen molar-refractivity contribution in [3.8, 4) is 5.75 Å². The van der Waals surface area contributed by atoms with Crippen molar-refractivity contribution in [1.29, 1.82) is 0 Å². The first-order chi connectivity index (χ1) is 46.8. The van der Waals surface area contributed by atoms with E-state index in [4.69, 9.17) is 34.4 Å². The number of nitrogens with zero attached hydrogens (tertiary/aromatic N) is 3. The Balaban J connectivity index is 1.66. The molecule has 99 heavy (non-hydrogen) atoms. The van der Waals surface area contributed by atoms with Crippen LogP contribution in [0, 0.1) is 35.5 Å². The summed E-state index contributed by atoms with van der Waals surface area (Å²) in [6.07, 6.45) is -1.16. The van der Waals surface area contributed by atoms with Gasteiger partial charge in [0.15, 0.2) is 35.1 Å². The third-order valence-corrected chi connectivity index (χ3v) is 17.4. The zero-order valence-electron chi connectivity index (χ0n) is 57.8. The lowest BCUT2D eigenvalue weighted by molar-refractivity contribution is -0.144. The van der Waals surface area contributed by atoms with E-state index in [0.717, 1.165) is 0 Å². The van der Waals surface area contributed by atoms with Gasteiger partial charge in [0.2, 0.25) is 41.4 Å². The predicted octanol–water partition coefficient (Wildman–Crippen LogP) is 1.06. The minimum Gasteiger partial charge on any atom is -0.508 e. The summed E-state index contributed by atoms with van der Waals surface area (Å²) in [5.41, 5.74) is 35.5. The van der Waals surface area contributed by atoms with Crippen LogP contribution in [0.2, 0.25) is 0 Å². The van der Waals surface area contributed by atoms with Crippen molar-refractivity contribution in [3.05, 3.63) is 65.9 Å². The number of aliphatic hydroxyl groups is 1. The molecule has 0 radical (unpaired) electrons. The topological polar surface area (TPSA) is 526 Å². The fourth-order valence-corrected chi connectivity index (χ4v) is 12.3. The minimum atomic E-state index is -1.83. The zero-order valence-corrected chi connectivity index (χ0v) is 57.8. The summed E-state index contributed by atoms with van der Waals surface area (Å²) >= 11 is 0. The summed E-state index contributed by atoms with van der Waals surface area (Å²) in [5.74, 6) is -14.7. The van der Waals surface area contributed by atoms with Crippen molar-refractivity contribution in [2.24, 2.45) is 79.9 Å². The Labute approximate surface area is 577 Å². The number of aromatic nitrogens is 1. The van der Waals surface area contributed by atoms with E-state index < -0.39 is 150 Å². The molecule has 4 rings (SSSR count). The number of aliphatic hydroxyl groups excluding tert-OH is 1. The third kappa shape index (κ3) is 28.2. The number of phenols is 1. The normalized spacial score (nSPS) is 15.9. The molecule has 1 aromatic heterocycles. The van der Waals surface area contributed by atoms with Crippen molar-refractivity contribution >= 4 is 93.3 Å². The Morgan fingerprint density at radius 2 is 1.15 bits per heavy atom. The van der Waals surface area contributed by atoms with Crippen molar-refractivity contribution in [1.82, 2.24) is 36.5 Å². The number of aromatic hydroxyl groups is 1. The molecule has 2 heterocycles. The first kappa shape index (κ1) is 82.1. The van der Waals surface area contributed by atoms with Crippen LogP contribution in [-0.4, -0.2) is 176 Å². The Kier molecular flexibility index (Phi) is 34.1. The number of hydrogen-bond acceptors (Lipinski definition) is 17. The van der Waals surface area contributed by atoms with Gasteiger partial charge in [-0.25, -0.2) is 0 Å². The highest BCUT2D eigenvalue weighted by Gasteiger charge is 2.42. The maximum atomic E-state index is 14.8. The molecule has 30 heteroatoms. The van der Waals surface area contributed by atoms with Crippen LogP contribution < -0.4 is 61.0 Å². The van der Waals surface area contributed by atoms with Crippen molar-refractivity contribution < 1.29 is 72.9 Å². The van der Waals surface area contributed by atoms with E-state index in [1.165, 1.54) is 43.0 Å². The number of primary amides is 1. The highest BCUT2D eigenvalue weighted by molar-refractivity contribution is 6.00. The molecule has 3 aromatic rings. The first-order valence-electron chi connectivity index (χ1n) is 34.0. The lowest BCUT2D eigenvalue weighted by Crippen LogP contribution is -2.58. The average molecular weight is 1380 g/mol. The summed E-state index contributed by atoms with van der Waals surface area (Å²) in [4.78, 5) is 180. The molecule has 1 fully saturated rings. The van der Waals surface area contributed by atoms with Crippen LogP contribution in [0.3, 0.4) is 0 Å². The number of nitrogens with two attached hydrogens (primary N) is 6. The number of phenolic OH excluding ortho intramolecular Hbond substituents is 1. The van der Waals surface area contributed by atoms with Crippen LogP contribution in [0.1, 0.15) is 155 Å². The summed E-state index contributed by atoms with van der Waals surface area (Å²) in [6.45, 7) is 10.4. The summed E-state index contributed by atoms with van der Waals surface area (Å²) < 4.78 is 0. The molecular weight excluding hydrogens is 1280 g/mol. The Bertz CT molecular complexity index is 3310. The van der Waals surface area contributed by atoms with Crippen molar-refractivity contribution in [3.63, 3.8) is 0 Å². The molecule has 0 spiro atoms. The van der Waals surface area contributed by atoms with E-state index in [1.807, 2.05) is 27.7 Å². The molecule has 546 valence electrons. The van der Waals surface area contributed by atoms with Gasteiger partial charge in [0, 0.05) is 93.5 Å². The number of unbranched alkanes of at least 4 members (excludes halogenated alkanes) is 1. The number of Topliss-reactive ketones (excluding diaryl/α,β-unsaturated/α-hetero) is 4. The second-order valence-corrected chi connectivity index (χ2v) is 26.7. The second kappa shape index (κ2) is 41.2. The molecule has 0 bridgehead atoms. The van der Waals surface area contributed by atoms with Crippen LogP contribution in [0.25, 0.3) is 10.9 Å². The number of H-pyrrole nitrogens is 1. The van der Waals surface area contributed by atoms with Gasteiger partial charge in [0.05, 0.1) is 36.6 Å². The molecule has 2 aromatic carbocycles. The molecule has 1 aliphatic heterocycles. The number of nitrogens with one attached hydrogen (secondary N) is 6. The Morgan fingerprint density at radius 3 is 1.72 bits per heavy atom. The van der Waals surface area contributed by atoms with E-state index in [2.05, 4.69) is 41.6 Å². The third-order valence-electron chi connectivity index (χ3n) is 17.4. The number of guanidine groups is 2. The highest BCUT2D eigenvalue weighted by atomic mass is 16.4. The molecule has 21 N–H and O–H groups in total. The number of carbonyl (C=O) groups excluding carboxylic acids is 11. The summed E-state index contributed by atoms with van der Waals surface area (Å²) in [5, 5.41) is 45.6. The van der Waals surface area contributed by atoms with E-state index >= 15 is 0 Å². The molecule has 0 saturated carbocycles. The van der Waals surface area contributed by atoms with Crippen LogP contribution in [-0.2, 0) is 70.4 Å². The largest absolute Gasteiger partial charge is 0.508 e. The number of aliphatic imine (C=N–C) groups is 2. The van der Waals surface area contributed by atoms with E-state index in [0.29, 0.717) is 41.3 Å². The van der Waals surface area contributed by atoms with Gasteiger partial charge in [-0.15, -0.1) is 0 Å². The maximum absolute atomic E-state index is 14.8. The van der Waals surface area contributed by atoms with Gasteiger partial charge in [0.1, 0.15) is 23.9 Å². The lowest BCUT2D eigenvalue weighted by atomic mass is 9.87. The quantitative estimate of drug-likeness (QED) is 0.0214. The number of hydrogen-bond donors (Lipinski definition) is 15. The molecule has 1 aliphatic rings. The average Bonchev–Trinajstić information content (AvgIpc) is 1.76. The van der Waals surface area contributed by atoms with Gasteiger partial charge in [-0.2, -0.15) is 0 Å². The number of amides is 7. The number of benzene rings is 2. The second-order valence-electron chi connectivity index (χ2n) is 26.7. The van der Waals surface area contributed by atoms with E-state index in [9.17, 15) is 72.9 Å². The summed E-state index contributed by atoms with van der Waals surface area (Å²) in [6, 6.07) is 4.90. The highest BCUT2D eigenvalue weighted by Crippen LogP contribution is 2.28. The Hall–Kier alpha value is -9.32. The number of carbonyl (C=O) groups is 12. The number of carboxylic acids is 1. The maximum Gasteiger partial charge on any atom is 0.304 e. The molecule has 0 unspecified atom stereocenters. The van der Waals surface area contributed by atoms with Gasteiger partial charge in [-0.05, 0) is 132 Å².